The maximum atomic E-state index is 5.21. The van der Waals surface area contributed by atoms with E-state index in [1.54, 1.807) is 0 Å². The molecule has 0 aromatic heterocycles. The van der Waals surface area contributed by atoms with E-state index in [0.717, 1.165) is 0 Å². The van der Waals surface area contributed by atoms with Crippen LogP contribution in [0.2, 0.25) is 0 Å². The number of nitrogens with two attached hydrogens (primary N) is 1. The number of nitrogens with one attached hydrogen (secondary N) is 1. The standard InChI is InChI=1S/C5H10N2O2S/c6-5(10)7-4-3-8-1-2-9-4/h4H,1-3H2,(H3,6,7,10). The molecular weight excluding hydrogens is 152 g/mol. The summed E-state index contributed by atoms with van der Waals surface area (Å²) in [6, 6.07) is 0. The molecule has 1 heterocycles. The lowest BCUT2D eigenvalue weighted by atomic mass is 10.5. The normalized spacial score (nSPS) is 25.8. The zero-order valence-corrected chi connectivity index (χ0v) is 6.32. The molecule has 3 N–H and O–H groups in total. The van der Waals surface area contributed by atoms with E-state index in [9.17, 15) is 0 Å². The Morgan fingerprint density at radius 1 is 1.60 bits per heavy atom. The number of hydrogen-bond donors (Lipinski definition) is 2. The Hall–Kier alpha value is -0.390. The highest BCUT2D eigenvalue weighted by molar-refractivity contribution is 7.80. The van der Waals surface area contributed by atoms with Gasteiger partial charge in [0, 0.05) is 0 Å². The predicted octanol–water partition coefficient (Wildman–Crippen LogP) is -0.807. The molecule has 0 spiro atoms. The quantitative estimate of drug-likeness (QED) is 0.494. The molecule has 0 aromatic rings. The molecule has 0 amide bonds. The summed E-state index contributed by atoms with van der Waals surface area (Å²) in [7, 11) is 0. The van der Waals surface area contributed by atoms with Crippen molar-refractivity contribution in [2.75, 3.05) is 19.8 Å². The van der Waals surface area contributed by atoms with Gasteiger partial charge in [-0.15, -0.1) is 0 Å². The van der Waals surface area contributed by atoms with Crippen molar-refractivity contribution in [2.45, 2.75) is 6.23 Å². The zero-order valence-electron chi connectivity index (χ0n) is 5.50. The average molecular weight is 162 g/mol. The van der Waals surface area contributed by atoms with Gasteiger partial charge in [-0.2, -0.15) is 0 Å². The van der Waals surface area contributed by atoms with Crippen LogP contribution in [0.5, 0.6) is 0 Å². The molecule has 4 nitrogen and oxygen atoms in total. The first-order valence-corrected chi connectivity index (χ1v) is 3.45. The second kappa shape index (κ2) is 3.70. The van der Waals surface area contributed by atoms with E-state index >= 15 is 0 Å². The molecule has 5 heteroatoms. The van der Waals surface area contributed by atoms with Crippen molar-refractivity contribution in [1.82, 2.24) is 5.32 Å². The summed E-state index contributed by atoms with van der Waals surface area (Å²) >= 11 is 4.61. The Bertz CT molecular complexity index is 125. The van der Waals surface area contributed by atoms with Gasteiger partial charge >= 0.3 is 0 Å². The third-order valence-electron chi connectivity index (χ3n) is 1.12. The molecule has 58 valence electrons. The molecular formula is C5H10N2O2S. The molecule has 1 rings (SSSR count). The molecule has 1 atom stereocenters. The van der Waals surface area contributed by atoms with E-state index in [2.05, 4.69) is 17.5 Å². The molecule has 0 bridgehead atoms. The Morgan fingerprint density at radius 2 is 2.40 bits per heavy atom. The SMILES string of the molecule is NC(=S)NC1COCCO1. The van der Waals surface area contributed by atoms with Crippen molar-refractivity contribution in [1.29, 1.82) is 0 Å². The Morgan fingerprint density at radius 3 is 2.90 bits per heavy atom. The Kier molecular flexibility index (Phi) is 2.85. The highest BCUT2D eigenvalue weighted by Crippen LogP contribution is 1.95. The Balaban J connectivity index is 2.19. The average Bonchev–Trinajstić information content (AvgIpc) is 1.88. The molecule has 0 aliphatic carbocycles. The molecule has 1 unspecified atom stereocenters. The minimum Gasteiger partial charge on any atom is -0.376 e. The van der Waals surface area contributed by atoms with Gasteiger partial charge in [0.25, 0.3) is 0 Å². The molecule has 1 aliphatic rings. The third kappa shape index (κ3) is 2.47. The molecule has 1 saturated heterocycles. The number of thiocarbonyl (C=S) groups is 1. The van der Waals surface area contributed by atoms with Crippen molar-refractivity contribution < 1.29 is 9.47 Å². The maximum absolute atomic E-state index is 5.21. The highest BCUT2D eigenvalue weighted by atomic mass is 32.1. The van der Waals surface area contributed by atoms with E-state index < -0.39 is 0 Å². The fourth-order valence-corrected chi connectivity index (χ4v) is 0.861. The van der Waals surface area contributed by atoms with Crippen LogP contribution in [0.4, 0.5) is 0 Å². The van der Waals surface area contributed by atoms with Crippen LogP contribution < -0.4 is 11.1 Å². The van der Waals surface area contributed by atoms with Crippen molar-refractivity contribution in [3.05, 3.63) is 0 Å². The number of rotatable bonds is 1. The van der Waals surface area contributed by atoms with E-state index in [-0.39, 0.29) is 11.3 Å². The smallest absolute Gasteiger partial charge is 0.165 e. The summed E-state index contributed by atoms with van der Waals surface area (Å²) in [5.74, 6) is 0. The van der Waals surface area contributed by atoms with E-state index in [0.29, 0.717) is 19.8 Å². The van der Waals surface area contributed by atoms with Gasteiger partial charge in [0.05, 0.1) is 19.8 Å². The lowest BCUT2D eigenvalue weighted by molar-refractivity contribution is -0.0936. The van der Waals surface area contributed by atoms with Gasteiger partial charge in [0.2, 0.25) is 0 Å². The largest absolute Gasteiger partial charge is 0.376 e. The van der Waals surface area contributed by atoms with Gasteiger partial charge in [-0.25, -0.2) is 0 Å². The first-order valence-electron chi connectivity index (χ1n) is 3.04. The van der Waals surface area contributed by atoms with Gasteiger partial charge in [-0.3, -0.25) is 0 Å². The summed E-state index contributed by atoms with van der Waals surface area (Å²) in [6.07, 6.45) is -0.161. The molecule has 1 fully saturated rings. The summed E-state index contributed by atoms with van der Waals surface area (Å²) in [5.41, 5.74) is 5.21. The van der Waals surface area contributed by atoms with Gasteiger partial charge < -0.3 is 20.5 Å². The fourth-order valence-electron chi connectivity index (χ4n) is 0.730. The van der Waals surface area contributed by atoms with Crippen molar-refractivity contribution in [3.8, 4) is 0 Å². The van der Waals surface area contributed by atoms with Crippen LogP contribution in [0.3, 0.4) is 0 Å². The van der Waals surface area contributed by atoms with Crippen LogP contribution in [0, 0.1) is 0 Å². The molecule has 10 heavy (non-hydrogen) atoms. The summed E-state index contributed by atoms with van der Waals surface area (Å²) in [6.45, 7) is 1.76. The summed E-state index contributed by atoms with van der Waals surface area (Å²) in [5, 5.41) is 2.99. The zero-order chi connectivity index (χ0) is 7.40. The van der Waals surface area contributed by atoms with Crippen LogP contribution >= 0.6 is 12.2 Å². The summed E-state index contributed by atoms with van der Waals surface area (Å²) < 4.78 is 10.3. The topological polar surface area (TPSA) is 56.5 Å². The first kappa shape index (κ1) is 7.71. The second-order valence-corrected chi connectivity index (χ2v) is 2.38. The van der Waals surface area contributed by atoms with Crippen molar-refractivity contribution in [3.63, 3.8) is 0 Å². The van der Waals surface area contributed by atoms with Crippen molar-refractivity contribution in [2.24, 2.45) is 5.73 Å². The molecule has 1 aliphatic heterocycles. The van der Waals surface area contributed by atoms with Crippen LogP contribution in [-0.2, 0) is 9.47 Å². The second-order valence-electron chi connectivity index (χ2n) is 1.94. The van der Waals surface area contributed by atoms with Crippen LogP contribution in [0.1, 0.15) is 0 Å². The number of ether oxygens (including phenoxy) is 2. The van der Waals surface area contributed by atoms with Gasteiger partial charge in [-0.1, -0.05) is 0 Å². The van der Waals surface area contributed by atoms with E-state index in [1.165, 1.54) is 0 Å². The van der Waals surface area contributed by atoms with Gasteiger partial charge in [0.1, 0.15) is 0 Å². The number of hydrogen-bond acceptors (Lipinski definition) is 3. The lowest BCUT2D eigenvalue weighted by Gasteiger charge is -2.23. The van der Waals surface area contributed by atoms with Crippen molar-refractivity contribution >= 4 is 17.3 Å². The fraction of sp³-hybridized carbons (Fsp3) is 0.800. The monoisotopic (exact) mass is 162 g/mol. The maximum Gasteiger partial charge on any atom is 0.165 e. The van der Waals surface area contributed by atoms with E-state index in [1.807, 2.05) is 0 Å². The molecule has 0 saturated carbocycles. The predicted molar refractivity (Wildman–Crippen MR) is 40.5 cm³/mol. The third-order valence-corrected chi connectivity index (χ3v) is 1.24. The van der Waals surface area contributed by atoms with Gasteiger partial charge in [-0.05, 0) is 12.2 Å². The van der Waals surface area contributed by atoms with Crippen LogP contribution in [0.25, 0.3) is 0 Å². The van der Waals surface area contributed by atoms with Crippen LogP contribution in [0.15, 0.2) is 0 Å². The highest BCUT2D eigenvalue weighted by Gasteiger charge is 2.12. The minimum absolute atomic E-state index is 0.161. The lowest BCUT2D eigenvalue weighted by Crippen LogP contribution is -2.45. The first-order chi connectivity index (χ1) is 4.79. The minimum atomic E-state index is -0.161. The molecule has 0 radical (unpaired) electrons. The van der Waals surface area contributed by atoms with Gasteiger partial charge in [0.15, 0.2) is 11.3 Å². The molecule has 0 aromatic carbocycles. The Labute approximate surface area is 64.7 Å². The van der Waals surface area contributed by atoms with Crippen LogP contribution in [-0.4, -0.2) is 31.2 Å². The summed E-state index contributed by atoms with van der Waals surface area (Å²) in [4.78, 5) is 0. The van der Waals surface area contributed by atoms with E-state index in [4.69, 9.17) is 15.2 Å².